The van der Waals surface area contributed by atoms with Gasteiger partial charge in [-0.25, -0.2) is 0 Å². The Hall–Kier alpha value is -1.69. The number of aromatic nitrogens is 2. The minimum atomic E-state index is -1.00. The molecule has 21 heavy (non-hydrogen) atoms. The molecule has 0 bridgehead atoms. The molecule has 2 N–H and O–H groups in total. The van der Waals surface area contributed by atoms with Crippen LogP contribution in [0.25, 0.3) is 11.0 Å². The zero-order chi connectivity index (χ0) is 14.9. The Morgan fingerprint density at radius 1 is 1.19 bits per heavy atom. The lowest BCUT2D eigenvalue weighted by atomic mass is 9.96. The largest absolute Gasteiger partial charge is 0.384 e. The third-order valence-corrected chi connectivity index (χ3v) is 4.24. The van der Waals surface area contributed by atoms with Crippen LogP contribution in [0.5, 0.6) is 0 Å². The van der Waals surface area contributed by atoms with E-state index in [0.717, 1.165) is 28.3 Å². The minimum absolute atomic E-state index is 0.327. The number of hydrogen-bond donors (Lipinski definition) is 2. The van der Waals surface area contributed by atoms with Crippen molar-refractivity contribution in [1.82, 2.24) is 8.75 Å². The van der Waals surface area contributed by atoms with Crippen molar-refractivity contribution in [3.05, 3.63) is 53.1 Å². The van der Waals surface area contributed by atoms with Gasteiger partial charge in [0.05, 0.1) is 22.4 Å². The lowest BCUT2D eigenvalue weighted by Crippen LogP contribution is -2.30. The first kappa shape index (κ1) is 14.3. The van der Waals surface area contributed by atoms with Crippen LogP contribution in [0.1, 0.15) is 12.5 Å². The van der Waals surface area contributed by atoms with Gasteiger partial charge in [0.1, 0.15) is 16.6 Å². The van der Waals surface area contributed by atoms with Gasteiger partial charge >= 0.3 is 0 Å². The second kappa shape index (κ2) is 5.60. The van der Waals surface area contributed by atoms with Gasteiger partial charge in [0.25, 0.3) is 0 Å². The Bertz CT molecular complexity index is 758. The van der Waals surface area contributed by atoms with E-state index in [9.17, 15) is 5.11 Å². The van der Waals surface area contributed by atoms with Crippen molar-refractivity contribution in [3.8, 4) is 0 Å². The summed E-state index contributed by atoms with van der Waals surface area (Å²) in [7, 11) is 0. The third kappa shape index (κ3) is 2.85. The Morgan fingerprint density at radius 2 is 1.95 bits per heavy atom. The molecule has 6 heteroatoms. The molecule has 3 rings (SSSR count). The van der Waals surface area contributed by atoms with Gasteiger partial charge in [-0.3, -0.25) is 0 Å². The molecule has 108 valence electrons. The highest BCUT2D eigenvalue weighted by Crippen LogP contribution is 2.31. The van der Waals surface area contributed by atoms with Crippen LogP contribution in [0.3, 0.4) is 0 Å². The summed E-state index contributed by atoms with van der Waals surface area (Å²) in [6.45, 7) is 2.09. The van der Waals surface area contributed by atoms with Crippen molar-refractivity contribution in [3.63, 3.8) is 0 Å². The minimum Gasteiger partial charge on any atom is -0.384 e. The number of anilines is 1. The van der Waals surface area contributed by atoms with Crippen molar-refractivity contribution in [1.29, 1.82) is 0 Å². The summed E-state index contributed by atoms with van der Waals surface area (Å²) in [5.41, 5.74) is 2.08. The van der Waals surface area contributed by atoms with E-state index in [-0.39, 0.29) is 0 Å². The van der Waals surface area contributed by atoms with Gasteiger partial charge in [-0.15, -0.1) is 0 Å². The number of rotatable bonds is 4. The first-order valence-corrected chi connectivity index (χ1v) is 7.61. The van der Waals surface area contributed by atoms with Crippen molar-refractivity contribution >= 4 is 40.0 Å². The summed E-state index contributed by atoms with van der Waals surface area (Å²) in [5.74, 6) is 0. The van der Waals surface area contributed by atoms with E-state index in [2.05, 4.69) is 14.1 Å². The monoisotopic (exact) mass is 319 g/mol. The highest BCUT2D eigenvalue weighted by molar-refractivity contribution is 7.00. The molecule has 0 amide bonds. The van der Waals surface area contributed by atoms with E-state index in [4.69, 9.17) is 11.6 Å². The number of halogens is 1. The maximum Gasteiger partial charge on any atom is 0.129 e. The summed E-state index contributed by atoms with van der Waals surface area (Å²) in [5, 5.41) is 14.4. The SMILES string of the molecule is CC(O)(CNc1c(Cl)ccc2nsnc12)c1ccccc1. The van der Waals surface area contributed by atoms with E-state index < -0.39 is 5.60 Å². The van der Waals surface area contributed by atoms with Crippen LogP contribution in [0.4, 0.5) is 5.69 Å². The van der Waals surface area contributed by atoms with Crippen LogP contribution in [0.15, 0.2) is 42.5 Å². The molecule has 1 aromatic heterocycles. The molecule has 2 aromatic carbocycles. The van der Waals surface area contributed by atoms with Gasteiger partial charge in [0.15, 0.2) is 0 Å². The van der Waals surface area contributed by atoms with Crippen LogP contribution in [0.2, 0.25) is 5.02 Å². The van der Waals surface area contributed by atoms with Gasteiger partial charge in [-0.1, -0.05) is 41.9 Å². The molecule has 1 unspecified atom stereocenters. The molecule has 0 saturated heterocycles. The molecule has 0 aliphatic heterocycles. The molecule has 0 radical (unpaired) electrons. The lowest BCUT2D eigenvalue weighted by Gasteiger charge is -2.25. The van der Waals surface area contributed by atoms with Crippen LogP contribution in [0, 0.1) is 0 Å². The molecule has 0 fully saturated rings. The van der Waals surface area contributed by atoms with Crippen molar-refractivity contribution < 1.29 is 5.11 Å². The summed E-state index contributed by atoms with van der Waals surface area (Å²) in [6, 6.07) is 13.1. The topological polar surface area (TPSA) is 58.0 Å². The number of fused-ring (bicyclic) bond motifs is 1. The highest BCUT2D eigenvalue weighted by atomic mass is 35.5. The molecule has 4 nitrogen and oxygen atoms in total. The smallest absolute Gasteiger partial charge is 0.129 e. The molecular weight excluding hydrogens is 306 g/mol. The molecule has 0 aliphatic carbocycles. The number of nitrogens with zero attached hydrogens (tertiary/aromatic N) is 2. The predicted molar refractivity (Wildman–Crippen MR) is 86.9 cm³/mol. The molecule has 0 spiro atoms. The standard InChI is InChI=1S/C15H14ClN3OS/c1-15(20,10-5-3-2-4-6-10)9-17-13-11(16)7-8-12-14(13)19-21-18-12/h2-8,17,20H,9H2,1H3. The van der Waals surface area contributed by atoms with Gasteiger partial charge in [0.2, 0.25) is 0 Å². The van der Waals surface area contributed by atoms with Gasteiger partial charge < -0.3 is 10.4 Å². The van der Waals surface area contributed by atoms with Crippen molar-refractivity contribution in [2.45, 2.75) is 12.5 Å². The lowest BCUT2D eigenvalue weighted by molar-refractivity contribution is 0.0716. The predicted octanol–water partition coefficient (Wildman–Crippen LogP) is 3.66. The maximum absolute atomic E-state index is 10.6. The third-order valence-electron chi connectivity index (χ3n) is 3.38. The summed E-state index contributed by atoms with van der Waals surface area (Å²) < 4.78 is 8.45. The molecule has 0 aliphatic rings. The average molecular weight is 320 g/mol. The average Bonchev–Trinajstić information content (AvgIpc) is 2.96. The number of benzene rings is 2. The number of aliphatic hydroxyl groups is 1. The van der Waals surface area contributed by atoms with Crippen LogP contribution in [-0.2, 0) is 5.60 Å². The summed E-state index contributed by atoms with van der Waals surface area (Å²) in [4.78, 5) is 0. The van der Waals surface area contributed by atoms with Crippen molar-refractivity contribution in [2.75, 3.05) is 11.9 Å². The Morgan fingerprint density at radius 3 is 2.71 bits per heavy atom. The quantitative estimate of drug-likeness (QED) is 0.770. The second-order valence-electron chi connectivity index (χ2n) is 5.05. The Kier molecular flexibility index (Phi) is 3.80. The van der Waals surface area contributed by atoms with Crippen LogP contribution < -0.4 is 5.32 Å². The first-order chi connectivity index (χ1) is 10.1. The van der Waals surface area contributed by atoms with Crippen LogP contribution in [-0.4, -0.2) is 20.4 Å². The van der Waals surface area contributed by atoms with Crippen molar-refractivity contribution in [2.24, 2.45) is 0 Å². The normalized spacial score (nSPS) is 14.0. The fourth-order valence-electron chi connectivity index (χ4n) is 2.15. The highest BCUT2D eigenvalue weighted by Gasteiger charge is 2.23. The zero-order valence-corrected chi connectivity index (χ0v) is 12.9. The molecule has 1 atom stereocenters. The van der Waals surface area contributed by atoms with Gasteiger partial charge in [-0.2, -0.15) is 8.75 Å². The fourth-order valence-corrected chi connectivity index (χ4v) is 2.92. The fraction of sp³-hybridized carbons (Fsp3) is 0.200. The Balaban J connectivity index is 1.86. The van der Waals surface area contributed by atoms with E-state index in [1.807, 2.05) is 36.4 Å². The Labute approximate surface area is 131 Å². The number of nitrogens with one attached hydrogen (secondary N) is 1. The molecular formula is C15H14ClN3OS. The maximum atomic E-state index is 10.6. The van der Waals surface area contributed by atoms with E-state index >= 15 is 0 Å². The second-order valence-corrected chi connectivity index (χ2v) is 5.98. The van der Waals surface area contributed by atoms with E-state index in [1.165, 1.54) is 0 Å². The van der Waals surface area contributed by atoms with E-state index in [1.54, 1.807) is 13.0 Å². The van der Waals surface area contributed by atoms with E-state index in [0.29, 0.717) is 17.3 Å². The molecule has 0 saturated carbocycles. The number of hydrogen-bond acceptors (Lipinski definition) is 5. The molecule has 1 heterocycles. The summed E-state index contributed by atoms with van der Waals surface area (Å²) in [6.07, 6.45) is 0. The van der Waals surface area contributed by atoms with Crippen LogP contribution >= 0.6 is 23.3 Å². The van der Waals surface area contributed by atoms with Gasteiger partial charge in [0, 0.05) is 6.54 Å². The van der Waals surface area contributed by atoms with Gasteiger partial charge in [-0.05, 0) is 24.6 Å². The zero-order valence-electron chi connectivity index (χ0n) is 11.4. The first-order valence-electron chi connectivity index (χ1n) is 6.50. The summed E-state index contributed by atoms with van der Waals surface area (Å²) >= 11 is 7.37. The molecule has 3 aromatic rings.